The van der Waals surface area contributed by atoms with Crippen molar-refractivity contribution in [2.75, 3.05) is 10.3 Å². The highest BCUT2D eigenvalue weighted by Gasteiger charge is 2.37. The maximum atomic E-state index is 10.7. The van der Waals surface area contributed by atoms with E-state index in [1.54, 1.807) is 12.3 Å². The topological polar surface area (TPSA) is 83.7 Å². The molecular formula is C22H29N5O2. The van der Waals surface area contributed by atoms with Crippen molar-refractivity contribution < 1.29 is 4.92 Å². The summed E-state index contributed by atoms with van der Waals surface area (Å²) in [6.07, 6.45) is 4.10. The molecule has 0 spiro atoms. The van der Waals surface area contributed by atoms with Gasteiger partial charge in [-0.25, -0.2) is 4.98 Å². The Morgan fingerprint density at radius 2 is 2.10 bits per heavy atom. The van der Waals surface area contributed by atoms with Gasteiger partial charge in [0.25, 0.3) is 5.69 Å². The van der Waals surface area contributed by atoms with Crippen LogP contribution in [-0.4, -0.2) is 27.7 Å². The second-order valence-electron chi connectivity index (χ2n) is 8.68. The first-order valence-electron chi connectivity index (χ1n) is 9.93. The zero-order valence-electron chi connectivity index (χ0n) is 17.9. The zero-order valence-corrected chi connectivity index (χ0v) is 17.9. The van der Waals surface area contributed by atoms with E-state index in [0.717, 1.165) is 17.5 Å². The summed E-state index contributed by atoms with van der Waals surface area (Å²) >= 11 is 0. The molecule has 0 saturated heterocycles. The minimum atomic E-state index is -0.473. The Kier molecular flexibility index (Phi) is 5.59. The van der Waals surface area contributed by atoms with E-state index < -0.39 is 4.92 Å². The Hall–Kier alpha value is -2.96. The Balaban J connectivity index is 1.85. The summed E-state index contributed by atoms with van der Waals surface area (Å²) in [6, 6.07) is 7.86. The van der Waals surface area contributed by atoms with Gasteiger partial charge in [-0.2, -0.15) is 5.10 Å². The number of aromatic nitrogens is 1. The smallest absolute Gasteiger partial charge is 0.287 e. The highest BCUT2D eigenvalue weighted by Crippen LogP contribution is 2.45. The number of hydrogen-bond donors (Lipinski definition) is 1. The predicted molar refractivity (Wildman–Crippen MR) is 118 cm³/mol. The molecule has 0 aliphatic carbocycles. The molecule has 0 radical (unpaired) electrons. The lowest BCUT2D eigenvalue weighted by molar-refractivity contribution is -0.385. The van der Waals surface area contributed by atoms with Crippen molar-refractivity contribution in [1.82, 2.24) is 4.98 Å². The van der Waals surface area contributed by atoms with Gasteiger partial charge in [0.05, 0.1) is 11.1 Å². The Morgan fingerprint density at radius 1 is 1.38 bits per heavy atom. The van der Waals surface area contributed by atoms with Crippen molar-refractivity contribution in [3.8, 4) is 0 Å². The molecule has 0 fully saturated rings. The third kappa shape index (κ3) is 4.23. The summed E-state index contributed by atoms with van der Waals surface area (Å²) in [5.74, 6) is 0.926. The number of rotatable bonds is 5. The standard InChI is InChI=1S/C22H29N5O2/c1-14(2)26-20-9-15(3)17(10-19(20)16(4)11-22(26,5)6)12-24-25-21-8-7-18(13-23-21)27(28)29/h7-10,12-14,16H,11H2,1-6H3,(H,23,25)/b24-12-/t16-/m0/s1. The molecule has 7 nitrogen and oxygen atoms in total. The molecule has 1 aromatic carbocycles. The number of nitro groups is 1. The average molecular weight is 396 g/mol. The molecule has 3 rings (SSSR count). The van der Waals surface area contributed by atoms with Crippen molar-refractivity contribution >= 4 is 23.4 Å². The summed E-state index contributed by atoms with van der Waals surface area (Å²) in [7, 11) is 0. The van der Waals surface area contributed by atoms with Gasteiger partial charge in [0.1, 0.15) is 12.0 Å². The lowest BCUT2D eigenvalue weighted by Crippen LogP contribution is -2.51. The third-order valence-electron chi connectivity index (χ3n) is 5.52. The predicted octanol–water partition coefficient (Wildman–Crippen LogP) is 5.24. The summed E-state index contributed by atoms with van der Waals surface area (Å²) in [5, 5.41) is 15.0. The first kappa shape index (κ1) is 20.8. The molecule has 0 bridgehead atoms. The lowest BCUT2D eigenvalue weighted by atomic mass is 9.78. The molecule has 1 aliphatic rings. The number of aryl methyl sites for hydroxylation is 1. The van der Waals surface area contributed by atoms with Crippen molar-refractivity contribution in [1.29, 1.82) is 0 Å². The van der Waals surface area contributed by atoms with Crippen LogP contribution in [-0.2, 0) is 0 Å². The van der Waals surface area contributed by atoms with Crippen LogP contribution in [0.4, 0.5) is 17.2 Å². The van der Waals surface area contributed by atoms with Crippen LogP contribution in [0.1, 0.15) is 63.6 Å². The second kappa shape index (κ2) is 7.81. The van der Waals surface area contributed by atoms with Crippen molar-refractivity contribution in [3.05, 3.63) is 57.3 Å². The highest BCUT2D eigenvalue weighted by atomic mass is 16.6. The average Bonchev–Trinajstić information content (AvgIpc) is 2.62. The molecule has 29 heavy (non-hydrogen) atoms. The van der Waals surface area contributed by atoms with Gasteiger partial charge >= 0.3 is 0 Å². The second-order valence-corrected chi connectivity index (χ2v) is 8.68. The molecule has 0 unspecified atom stereocenters. The highest BCUT2D eigenvalue weighted by molar-refractivity contribution is 5.84. The monoisotopic (exact) mass is 395 g/mol. The Labute approximate surface area is 172 Å². The molecule has 0 amide bonds. The van der Waals surface area contributed by atoms with Crippen molar-refractivity contribution in [2.24, 2.45) is 5.10 Å². The summed E-state index contributed by atoms with van der Waals surface area (Å²) < 4.78 is 0. The number of pyridine rings is 1. The molecule has 154 valence electrons. The number of fused-ring (bicyclic) bond motifs is 1. The van der Waals surface area contributed by atoms with Crippen molar-refractivity contribution in [2.45, 2.75) is 65.5 Å². The minimum absolute atomic E-state index is 0.0447. The van der Waals surface area contributed by atoms with E-state index in [2.05, 4.69) is 74.1 Å². The van der Waals surface area contributed by atoms with Crippen LogP contribution in [0.25, 0.3) is 0 Å². The van der Waals surface area contributed by atoms with E-state index in [1.807, 2.05) is 0 Å². The normalized spacial score (nSPS) is 18.2. The van der Waals surface area contributed by atoms with E-state index in [-0.39, 0.29) is 11.2 Å². The fourth-order valence-electron chi connectivity index (χ4n) is 4.46. The van der Waals surface area contributed by atoms with Gasteiger partial charge in [-0.15, -0.1) is 0 Å². The largest absolute Gasteiger partial charge is 0.364 e. The third-order valence-corrected chi connectivity index (χ3v) is 5.52. The van der Waals surface area contributed by atoms with Crippen LogP contribution in [0.3, 0.4) is 0 Å². The maximum Gasteiger partial charge on any atom is 0.287 e. The molecule has 7 heteroatoms. The maximum absolute atomic E-state index is 10.7. The first-order valence-corrected chi connectivity index (χ1v) is 9.93. The summed E-state index contributed by atoms with van der Waals surface area (Å²) in [5.41, 5.74) is 7.77. The quantitative estimate of drug-likeness (QED) is 0.425. The van der Waals surface area contributed by atoms with Crippen LogP contribution in [0.15, 0.2) is 35.6 Å². The first-order chi connectivity index (χ1) is 13.6. The molecule has 2 aromatic rings. The molecule has 1 aromatic heterocycles. The zero-order chi connectivity index (χ0) is 21.3. The van der Waals surface area contributed by atoms with Gasteiger partial charge in [-0.3, -0.25) is 15.5 Å². The molecule has 1 N–H and O–H groups in total. The van der Waals surface area contributed by atoms with E-state index in [0.29, 0.717) is 17.8 Å². The molecule has 1 aliphatic heterocycles. The molecule has 1 atom stereocenters. The van der Waals surface area contributed by atoms with Crippen LogP contribution in [0.5, 0.6) is 0 Å². The van der Waals surface area contributed by atoms with Crippen LogP contribution >= 0.6 is 0 Å². The molecule has 0 saturated carbocycles. The van der Waals surface area contributed by atoms with Gasteiger partial charge in [-0.1, -0.05) is 6.92 Å². The fraction of sp³-hybridized carbons (Fsp3) is 0.455. The van der Waals surface area contributed by atoms with Crippen LogP contribution in [0, 0.1) is 17.0 Å². The number of nitrogens with one attached hydrogen (secondary N) is 1. The van der Waals surface area contributed by atoms with E-state index in [9.17, 15) is 10.1 Å². The van der Waals surface area contributed by atoms with Crippen LogP contribution < -0.4 is 10.3 Å². The van der Waals surface area contributed by atoms with Crippen molar-refractivity contribution in [3.63, 3.8) is 0 Å². The SMILES string of the molecule is Cc1cc2c(cc1/C=N\Nc1ccc([N+](=O)[O-])cn1)[C@@H](C)CC(C)(C)N2C(C)C. The molecular weight excluding hydrogens is 366 g/mol. The number of benzene rings is 1. The van der Waals surface area contributed by atoms with Gasteiger partial charge in [0, 0.05) is 23.3 Å². The minimum Gasteiger partial charge on any atom is -0.364 e. The van der Waals surface area contributed by atoms with E-state index >= 15 is 0 Å². The van der Waals surface area contributed by atoms with Gasteiger partial charge in [0.2, 0.25) is 0 Å². The van der Waals surface area contributed by atoms with Gasteiger partial charge in [0.15, 0.2) is 0 Å². The molecule has 2 heterocycles. The lowest BCUT2D eigenvalue weighted by Gasteiger charge is -2.50. The van der Waals surface area contributed by atoms with Gasteiger partial charge in [-0.05, 0) is 81.8 Å². The van der Waals surface area contributed by atoms with Gasteiger partial charge < -0.3 is 4.90 Å². The van der Waals surface area contributed by atoms with Crippen LogP contribution in [0.2, 0.25) is 0 Å². The summed E-state index contributed by atoms with van der Waals surface area (Å²) in [4.78, 5) is 16.8. The number of hydrogen-bond acceptors (Lipinski definition) is 6. The fourth-order valence-corrected chi connectivity index (χ4v) is 4.46. The number of anilines is 2. The van der Waals surface area contributed by atoms with E-state index in [1.165, 1.54) is 23.5 Å². The summed E-state index contributed by atoms with van der Waals surface area (Å²) in [6.45, 7) is 13.5. The Morgan fingerprint density at radius 3 is 2.69 bits per heavy atom. The Bertz CT molecular complexity index is 935. The number of hydrazone groups is 1. The van der Waals surface area contributed by atoms with E-state index in [4.69, 9.17) is 0 Å². The number of nitrogens with zero attached hydrogens (tertiary/aromatic N) is 4.